The quantitative estimate of drug-likeness (QED) is 0.918. The summed E-state index contributed by atoms with van der Waals surface area (Å²) in [5.74, 6) is -0.601. The number of hydrogen-bond donors (Lipinski definition) is 1. The van der Waals surface area contributed by atoms with Crippen LogP contribution in [-0.4, -0.2) is 37.5 Å². The van der Waals surface area contributed by atoms with Crippen LogP contribution in [0.15, 0.2) is 24.3 Å². The maximum atomic E-state index is 13.0. The molecule has 1 amide bonds. The highest BCUT2D eigenvalue weighted by Crippen LogP contribution is 2.14. The van der Waals surface area contributed by atoms with Crippen LogP contribution in [0.4, 0.5) is 10.1 Å². The molecule has 1 heterocycles. The lowest BCUT2D eigenvalue weighted by molar-refractivity contribution is -0.116. The topological polar surface area (TPSA) is 66.5 Å². The van der Waals surface area contributed by atoms with Gasteiger partial charge in [0.2, 0.25) is 15.9 Å². The molecule has 110 valence electrons. The minimum absolute atomic E-state index is 0.0652. The van der Waals surface area contributed by atoms with Crippen LogP contribution in [0.5, 0.6) is 0 Å². The van der Waals surface area contributed by atoms with Crippen LogP contribution in [-0.2, 0) is 14.8 Å². The third-order valence-electron chi connectivity index (χ3n) is 3.15. The van der Waals surface area contributed by atoms with E-state index in [1.54, 1.807) is 6.07 Å². The van der Waals surface area contributed by atoms with E-state index in [0.29, 0.717) is 18.7 Å². The lowest BCUT2D eigenvalue weighted by Crippen LogP contribution is -2.39. The molecule has 5 nitrogen and oxygen atoms in total. The van der Waals surface area contributed by atoms with Crippen LogP contribution in [0, 0.1) is 5.82 Å². The molecule has 1 aromatic rings. The summed E-state index contributed by atoms with van der Waals surface area (Å²) in [6.07, 6.45) is 1.56. The van der Waals surface area contributed by atoms with Crippen molar-refractivity contribution in [2.24, 2.45) is 0 Å². The third-order valence-corrected chi connectivity index (χ3v) is 5.11. The summed E-state index contributed by atoms with van der Waals surface area (Å²) < 4.78 is 37.8. The van der Waals surface area contributed by atoms with Crippen LogP contribution in [0.1, 0.15) is 19.3 Å². The second-order valence-corrected chi connectivity index (χ2v) is 6.82. The van der Waals surface area contributed by atoms with Gasteiger partial charge in [0.25, 0.3) is 0 Å². The molecule has 1 fully saturated rings. The number of halogens is 1. The van der Waals surface area contributed by atoms with Crippen molar-refractivity contribution in [2.45, 2.75) is 19.3 Å². The minimum atomic E-state index is -3.21. The van der Waals surface area contributed by atoms with Crippen molar-refractivity contribution in [3.8, 4) is 0 Å². The van der Waals surface area contributed by atoms with Gasteiger partial charge in [-0.15, -0.1) is 0 Å². The second-order valence-electron chi connectivity index (χ2n) is 4.73. The molecule has 0 aliphatic carbocycles. The molecule has 1 N–H and O–H groups in total. The summed E-state index contributed by atoms with van der Waals surface area (Å²) >= 11 is 0. The predicted molar refractivity (Wildman–Crippen MR) is 74.2 cm³/mol. The highest BCUT2D eigenvalue weighted by Gasteiger charge is 2.25. The number of nitrogens with one attached hydrogen (secondary N) is 1. The number of nitrogens with zero attached hydrogens (tertiary/aromatic N) is 1. The highest BCUT2D eigenvalue weighted by atomic mass is 32.2. The molecule has 0 spiro atoms. The first kappa shape index (κ1) is 14.9. The van der Waals surface area contributed by atoms with Gasteiger partial charge in [-0.1, -0.05) is 6.07 Å². The monoisotopic (exact) mass is 300 g/mol. The summed E-state index contributed by atoms with van der Waals surface area (Å²) in [5, 5.41) is 2.55. The first-order chi connectivity index (χ1) is 9.47. The molecule has 1 aliphatic rings. The van der Waals surface area contributed by atoms with E-state index in [0.717, 1.165) is 6.42 Å². The van der Waals surface area contributed by atoms with Crippen molar-refractivity contribution in [2.75, 3.05) is 24.2 Å². The van der Waals surface area contributed by atoms with Crippen molar-refractivity contribution >= 4 is 21.6 Å². The van der Waals surface area contributed by atoms with Gasteiger partial charge in [0.15, 0.2) is 0 Å². The van der Waals surface area contributed by atoms with E-state index >= 15 is 0 Å². The van der Waals surface area contributed by atoms with Gasteiger partial charge in [0.05, 0.1) is 5.75 Å². The Kier molecular flexibility index (Phi) is 4.72. The van der Waals surface area contributed by atoms with Gasteiger partial charge in [0, 0.05) is 25.2 Å². The van der Waals surface area contributed by atoms with Crippen LogP contribution in [0.25, 0.3) is 0 Å². The standard InChI is InChI=1S/C13H17FN2O3S/c14-11-4-3-5-12(10-11)15-13(17)6-8-16-7-1-2-9-20(16,18)19/h3-5,10H,1-2,6-9H2,(H,15,17). The molecule has 0 saturated carbocycles. The van der Waals surface area contributed by atoms with Crippen LogP contribution < -0.4 is 5.32 Å². The number of hydrogen-bond acceptors (Lipinski definition) is 3. The van der Waals surface area contributed by atoms with Gasteiger partial charge >= 0.3 is 0 Å². The summed E-state index contributed by atoms with van der Waals surface area (Å²) in [4.78, 5) is 11.7. The Labute approximate surface area is 117 Å². The van der Waals surface area contributed by atoms with Crippen molar-refractivity contribution in [1.29, 1.82) is 0 Å². The van der Waals surface area contributed by atoms with Gasteiger partial charge in [-0.25, -0.2) is 17.1 Å². The Morgan fingerprint density at radius 3 is 2.85 bits per heavy atom. The zero-order valence-electron chi connectivity index (χ0n) is 11.0. The van der Waals surface area contributed by atoms with E-state index in [1.165, 1.54) is 22.5 Å². The Hall–Kier alpha value is -1.47. The average Bonchev–Trinajstić information content (AvgIpc) is 2.37. The SMILES string of the molecule is O=C(CCN1CCCCS1(=O)=O)Nc1cccc(F)c1. The summed E-state index contributed by atoms with van der Waals surface area (Å²) in [6, 6.07) is 5.59. The van der Waals surface area contributed by atoms with E-state index in [9.17, 15) is 17.6 Å². The highest BCUT2D eigenvalue weighted by molar-refractivity contribution is 7.89. The molecular formula is C13H17FN2O3S. The first-order valence-corrected chi connectivity index (χ1v) is 8.11. The van der Waals surface area contributed by atoms with Crippen molar-refractivity contribution < 1.29 is 17.6 Å². The fourth-order valence-electron chi connectivity index (χ4n) is 2.11. The van der Waals surface area contributed by atoms with Gasteiger partial charge in [-0.3, -0.25) is 4.79 Å². The molecular weight excluding hydrogens is 283 g/mol. The molecule has 0 unspecified atom stereocenters. The van der Waals surface area contributed by atoms with Gasteiger partial charge in [0.1, 0.15) is 5.82 Å². The average molecular weight is 300 g/mol. The summed E-state index contributed by atoms with van der Waals surface area (Å²) in [6.45, 7) is 0.638. The van der Waals surface area contributed by atoms with Crippen molar-refractivity contribution in [3.63, 3.8) is 0 Å². The maximum Gasteiger partial charge on any atom is 0.225 e. The van der Waals surface area contributed by atoms with Gasteiger partial charge in [-0.2, -0.15) is 0 Å². The van der Waals surface area contributed by atoms with E-state index in [1.807, 2.05) is 0 Å². The molecule has 2 rings (SSSR count). The fourth-order valence-corrected chi connectivity index (χ4v) is 3.71. The maximum absolute atomic E-state index is 13.0. The molecule has 20 heavy (non-hydrogen) atoms. The zero-order chi connectivity index (χ0) is 14.6. The van der Waals surface area contributed by atoms with E-state index in [4.69, 9.17) is 0 Å². The van der Waals surface area contributed by atoms with Crippen molar-refractivity contribution in [3.05, 3.63) is 30.1 Å². The lowest BCUT2D eigenvalue weighted by Gasteiger charge is -2.25. The minimum Gasteiger partial charge on any atom is -0.326 e. The van der Waals surface area contributed by atoms with Gasteiger partial charge < -0.3 is 5.32 Å². The number of rotatable bonds is 4. The zero-order valence-corrected chi connectivity index (χ0v) is 11.8. The summed E-state index contributed by atoms with van der Waals surface area (Å²) in [7, 11) is -3.21. The normalized spacial score (nSPS) is 18.6. The smallest absolute Gasteiger partial charge is 0.225 e. The summed E-state index contributed by atoms with van der Waals surface area (Å²) in [5.41, 5.74) is 0.372. The molecule has 1 aromatic carbocycles. The molecule has 1 aliphatic heterocycles. The molecule has 1 saturated heterocycles. The largest absolute Gasteiger partial charge is 0.326 e. The first-order valence-electron chi connectivity index (χ1n) is 6.51. The Morgan fingerprint density at radius 2 is 2.15 bits per heavy atom. The van der Waals surface area contributed by atoms with Gasteiger partial charge in [-0.05, 0) is 31.0 Å². The van der Waals surface area contributed by atoms with Crippen LogP contribution in [0.3, 0.4) is 0 Å². The fraction of sp³-hybridized carbons (Fsp3) is 0.462. The number of anilines is 1. The number of carbonyl (C=O) groups is 1. The van der Waals surface area contributed by atoms with Crippen LogP contribution in [0.2, 0.25) is 0 Å². The molecule has 0 aromatic heterocycles. The number of sulfonamides is 1. The number of carbonyl (C=O) groups excluding carboxylic acids is 1. The molecule has 0 bridgehead atoms. The second kappa shape index (κ2) is 6.32. The lowest BCUT2D eigenvalue weighted by atomic mass is 10.3. The van der Waals surface area contributed by atoms with Crippen molar-refractivity contribution in [1.82, 2.24) is 4.31 Å². The Morgan fingerprint density at radius 1 is 1.35 bits per heavy atom. The molecule has 7 heteroatoms. The third kappa shape index (κ3) is 4.01. The predicted octanol–water partition coefficient (Wildman–Crippen LogP) is 1.58. The van der Waals surface area contributed by atoms with E-state index < -0.39 is 15.8 Å². The Bertz CT molecular complexity index is 589. The molecule has 0 radical (unpaired) electrons. The Balaban J connectivity index is 1.86. The molecule has 0 atom stereocenters. The number of benzene rings is 1. The van der Waals surface area contributed by atoms with Crippen LogP contribution >= 0.6 is 0 Å². The van der Waals surface area contributed by atoms with E-state index in [-0.39, 0.29) is 24.6 Å². The number of amides is 1. The van der Waals surface area contributed by atoms with E-state index in [2.05, 4.69) is 5.32 Å².